The molecule has 0 amide bonds. The maximum atomic E-state index is 10.8. The van der Waals surface area contributed by atoms with Crippen molar-refractivity contribution >= 4 is 25.6 Å². The van der Waals surface area contributed by atoms with E-state index >= 15 is 0 Å². The minimum Gasteiger partial charge on any atom is -0.507 e. The van der Waals surface area contributed by atoms with Gasteiger partial charge >= 0.3 is 6.57 Å². The van der Waals surface area contributed by atoms with Crippen LogP contribution in [-0.4, -0.2) is 16.2 Å². The molecule has 0 aromatic heterocycles. The van der Waals surface area contributed by atoms with Gasteiger partial charge in [0.1, 0.15) is 17.2 Å². The molecule has 0 heterocycles. The second kappa shape index (κ2) is 14.2. The summed E-state index contributed by atoms with van der Waals surface area (Å²) in [5.74, 6) is 0.373. The molecule has 0 saturated carbocycles. The van der Waals surface area contributed by atoms with E-state index in [1.165, 1.54) is 10.9 Å². The van der Waals surface area contributed by atoms with Crippen LogP contribution in [-0.2, 0) is 11.2 Å². The SMILES string of the molecule is C#[N+]NC(=C)c1ccccc1O.CC(=O)Cc1ccccc1C.CCC(C)=P. The Morgan fingerprint density at radius 3 is 2.18 bits per heavy atom. The third kappa shape index (κ3) is 11.0. The van der Waals surface area contributed by atoms with E-state index in [0.29, 0.717) is 17.7 Å². The molecule has 0 aliphatic carbocycles. The van der Waals surface area contributed by atoms with Crippen molar-refractivity contribution in [2.24, 2.45) is 0 Å². The zero-order chi connectivity index (χ0) is 21.5. The van der Waals surface area contributed by atoms with Crippen molar-refractivity contribution in [1.82, 2.24) is 5.43 Å². The third-order valence-electron chi connectivity index (χ3n) is 3.66. The number of ketones is 1. The van der Waals surface area contributed by atoms with E-state index in [1.807, 2.05) is 31.2 Å². The van der Waals surface area contributed by atoms with E-state index in [2.05, 4.69) is 39.7 Å². The molecule has 0 atom stereocenters. The summed E-state index contributed by atoms with van der Waals surface area (Å²) >= 11 is 0. The van der Waals surface area contributed by atoms with Crippen molar-refractivity contribution in [3.63, 3.8) is 0 Å². The number of hydrogen-bond donors (Lipinski definition) is 2. The Morgan fingerprint density at radius 2 is 1.71 bits per heavy atom. The quantitative estimate of drug-likeness (QED) is 0.503. The predicted molar refractivity (Wildman–Crippen MR) is 123 cm³/mol. The van der Waals surface area contributed by atoms with Crippen LogP contribution in [0.15, 0.2) is 55.1 Å². The average molecular weight is 397 g/mol. The first kappa shape index (κ1) is 25.1. The molecule has 0 unspecified atom stereocenters. The van der Waals surface area contributed by atoms with Gasteiger partial charge in [-0.3, -0.25) is 4.79 Å². The number of carbonyl (C=O) groups is 1. The van der Waals surface area contributed by atoms with Crippen LogP contribution in [0.4, 0.5) is 0 Å². The minimum absolute atomic E-state index is 0.152. The first-order valence-corrected chi connectivity index (χ1v) is 9.44. The van der Waals surface area contributed by atoms with Crippen LogP contribution in [0.3, 0.4) is 0 Å². The van der Waals surface area contributed by atoms with E-state index in [4.69, 9.17) is 6.57 Å². The molecule has 28 heavy (non-hydrogen) atoms. The van der Waals surface area contributed by atoms with Gasteiger partial charge in [0.05, 0.1) is 4.95 Å². The van der Waals surface area contributed by atoms with E-state index in [0.717, 1.165) is 12.0 Å². The molecule has 5 heteroatoms. The van der Waals surface area contributed by atoms with E-state index in [1.54, 1.807) is 31.2 Å². The second-order valence-electron chi connectivity index (χ2n) is 6.18. The van der Waals surface area contributed by atoms with Gasteiger partial charge in [-0.2, -0.15) is 0 Å². The highest BCUT2D eigenvalue weighted by molar-refractivity contribution is 7.20. The summed E-state index contributed by atoms with van der Waals surface area (Å²) < 4.78 is 0. The highest BCUT2D eigenvalue weighted by Crippen LogP contribution is 2.21. The summed E-state index contributed by atoms with van der Waals surface area (Å²) in [6.45, 7) is 16.3. The van der Waals surface area contributed by atoms with Crippen molar-refractivity contribution in [1.29, 1.82) is 0 Å². The molecule has 0 aliphatic heterocycles. The Morgan fingerprint density at radius 1 is 1.18 bits per heavy atom. The topological polar surface area (TPSA) is 53.7 Å². The van der Waals surface area contributed by atoms with E-state index < -0.39 is 0 Å². The highest BCUT2D eigenvalue weighted by Gasteiger charge is 2.05. The van der Waals surface area contributed by atoms with Crippen molar-refractivity contribution in [2.45, 2.75) is 40.5 Å². The molecule has 0 spiro atoms. The van der Waals surface area contributed by atoms with Gasteiger partial charge in [0.15, 0.2) is 0 Å². The Labute approximate surface area is 170 Å². The molecule has 2 aromatic rings. The summed E-state index contributed by atoms with van der Waals surface area (Å²) in [5.41, 5.74) is 5.84. The lowest BCUT2D eigenvalue weighted by atomic mass is 10.0. The van der Waals surface area contributed by atoms with Gasteiger partial charge in [-0.15, -0.1) is 8.86 Å². The van der Waals surface area contributed by atoms with E-state index in [-0.39, 0.29) is 11.5 Å². The summed E-state index contributed by atoms with van der Waals surface area (Å²) in [6, 6.07) is 14.8. The van der Waals surface area contributed by atoms with Gasteiger partial charge < -0.3 is 5.11 Å². The number of para-hydroxylation sites is 1. The maximum Gasteiger partial charge on any atom is 0.305 e. The summed E-state index contributed by atoms with van der Waals surface area (Å²) in [5, 5.41) is 10.6. The first-order chi connectivity index (χ1) is 13.2. The number of phenols is 1. The number of aryl methyl sites for hydroxylation is 1. The molecule has 0 aliphatic rings. The number of phenolic OH excluding ortho intramolecular Hbond substituents is 1. The van der Waals surface area contributed by atoms with Crippen molar-refractivity contribution in [2.75, 3.05) is 0 Å². The van der Waals surface area contributed by atoms with Crippen molar-refractivity contribution in [3.05, 3.63) is 76.8 Å². The molecule has 2 rings (SSSR count). The summed E-state index contributed by atoms with van der Waals surface area (Å²) in [7, 11) is 3.33. The monoisotopic (exact) mass is 397 g/mol. The summed E-state index contributed by atoms with van der Waals surface area (Å²) in [4.78, 5) is 14.0. The molecule has 4 nitrogen and oxygen atoms in total. The lowest BCUT2D eigenvalue weighted by molar-refractivity contribution is -0.116. The number of aromatic hydroxyl groups is 1. The molecule has 2 aromatic carbocycles. The van der Waals surface area contributed by atoms with Crippen LogP contribution in [0, 0.1) is 13.5 Å². The molecule has 0 bridgehead atoms. The number of hydrogen-bond acceptors (Lipinski definition) is 3. The van der Waals surface area contributed by atoms with Gasteiger partial charge in [0.25, 0.3) is 0 Å². The molecular formula is C23H30N2O2P+. The van der Waals surface area contributed by atoms with Gasteiger partial charge in [0.2, 0.25) is 0 Å². The molecule has 148 valence electrons. The fourth-order valence-electron chi connectivity index (χ4n) is 1.94. The van der Waals surface area contributed by atoms with E-state index in [9.17, 15) is 9.90 Å². The van der Waals surface area contributed by atoms with Gasteiger partial charge in [-0.05, 0) is 55.9 Å². The van der Waals surface area contributed by atoms with Crippen LogP contribution in [0.5, 0.6) is 5.75 Å². The first-order valence-electron chi connectivity index (χ1n) is 8.94. The second-order valence-corrected chi connectivity index (χ2v) is 7.03. The lowest BCUT2D eigenvalue weighted by Crippen LogP contribution is -1.99. The van der Waals surface area contributed by atoms with Gasteiger partial charge in [0, 0.05) is 12.0 Å². The lowest BCUT2D eigenvalue weighted by Gasteiger charge is -2.00. The normalized spacial score (nSPS) is 8.82. The summed E-state index contributed by atoms with van der Waals surface area (Å²) in [6.07, 6.45) is 1.70. The maximum absolute atomic E-state index is 10.8. The Bertz CT molecular complexity index is 838. The predicted octanol–water partition coefficient (Wildman–Crippen LogP) is 5.69. The van der Waals surface area contributed by atoms with Crippen molar-refractivity contribution in [3.8, 4) is 12.3 Å². The molecule has 0 saturated heterocycles. The van der Waals surface area contributed by atoms with Crippen LogP contribution in [0.1, 0.15) is 43.9 Å². The average Bonchev–Trinajstić information content (AvgIpc) is 2.65. The largest absolute Gasteiger partial charge is 0.507 e. The molecule has 0 radical (unpaired) electrons. The highest BCUT2D eigenvalue weighted by atomic mass is 31.0. The number of nitrogens with zero attached hydrogens (tertiary/aromatic N) is 1. The molecular weight excluding hydrogens is 367 g/mol. The molecule has 0 fully saturated rings. The van der Waals surface area contributed by atoms with Crippen molar-refractivity contribution < 1.29 is 9.90 Å². The smallest absolute Gasteiger partial charge is 0.305 e. The number of carbonyl (C=O) groups excluding carboxylic acids is 1. The fraction of sp³-hybridized carbons (Fsp3) is 0.261. The zero-order valence-electron chi connectivity index (χ0n) is 17.1. The number of nitrogens with one attached hydrogen (secondary N) is 1. The van der Waals surface area contributed by atoms with Crippen LogP contribution in [0.2, 0.25) is 0 Å². The Balaban J connectivity index is 0.000000424. The standard InChI is InChI=1S/C10H12O.C9H8N2O.C4H9P/c1-8-5-3-4-6-10(8)7-9(2)11;1-7(11-10-2)8-5-3-4-6-9(8)12;1-3-4(2)5/h3-6H,7H2,1-2H3;2-6,11H,1H2;5H,3H2,1-2H3/p+1. The Hall–Kier alpha value is -2.89. The van der Waals surface area contributed by atoms with Crippen LogP contribution in [0.25, 0.3) is 10.7 Å². The Kier molecular flexibility index (Phi) is 12.7. The number of benzene rings is 2. The third-order valence-corrected chi connectivity index (χ3v) is 4.01. The fourth-order valence-corrected chi connectivity index (χ4v) is 1.94. The van der Waals surface area contributed by atoms with Gasteiger partial charge in [-0.25, -0.2) is 0 Å². The zero-order valence-corrected chi connectivity index (χ0v) is 18.1. The number of rotatable bonds is 5. The van der Waals surface area contributed by atoms with Gasteiger partial charge in [-0.1, -0.05) is 55.2 Å². The number of Topliss-reactive ketones (excluding diaryl/α,β-unsaturated/α-hetero) is 1. The molecule has 2 N–H and O–H groups in total. The minimum atomic E-state index is 0.152. The van der Waals surface area contributed by atoms with Crippen LogP contribution >= 0.6 is 8.86 Å². The van der Waals surface area contributed by atoms with Crippen LogP contribution < -0.4 is 5.43 Å².